The molecule has 0 radical (unpaired) electrons. The predicted molar refractivity (Wildman–Crippen MR) is 84.7 cm³/mol. The van der Waals surface area contributed by atoms with Crippen LogP contribution in [0.4, 0.5) is 8.78 Å². The second-order valence-electron chi connectivity index (χ2n) is 5.13. The highest BCUT2D eigenvalue weighted by molar-refractivity contribution is 7.10. The molecule has 2 N–H and O–H groups in total. The van der Waals surface area contributed by atoms with Gasteiger partial charge in [0.05, 0.1) is 19.1 Å². The van der Waals surface area contributed by atoms with Gasteiger partial charge in [0.25, 0.3) is 5.91 Å². The molecule has 0 bridgehead atoms. The Labute approximate surface area is 140 Å². The zero-order valence-electron chi connectivity index (χ0n) is 12.3. The molecule has 0 fully saturated rings. The summed E-state index contributed by atoms with van der Waals surface area (Å²) in [6.07, 6.45) is 2.75. The number of furan rings is 1. The largest absolute Gasteiger partial charge is 0.472 e. The number of aliphatic hydroxyl groups is 1. The van der Waals surface area contributed by atoms with Gasteiger partial charge in [0.15, 0.2) is 0 Å². The highest BCUT2D eigenvalue weighted by Crippen LogP contribution is 2.32. The van der Waals surface area contributed by atoms with E-state index in [1.165, 1.54) is 29.9 Å². The van der Waals surface area contributed by atoms with Crippen molar-refractivity contribution in [3.8, 4) is 0 Å². The molecular formula is C17H13F2NO3S. The summed E-state index contributed by atoms with van der Waals surface area (Å²) in [5.74, 6) is -2.87. The molecule has 0 aliphatic heterocycles. The number of halogens is 2. The number of rotatable bonds is 5. The van der Waals surface area contributed by atoms with E-state index in [4.69, 9.17) is 4.42 Å². The molecule has 2 heterocycles. The number of amides is 1. The fourth-order valence-corrected chi connectivity index (χ4v) is 3.20. The lowest BCUT2D eigenvalue weighted by molar-refractivity contribution is 0.0709. The van der Waals surface area contributed by atoms with E-state index in [2.05, 4.69) is 5.32 Å². The topological polar surface area (TPSA) is 62.5 Å². The van der Waals surface area contributed by atoms with Crippen LogP contribution in [0.2, 0.25) is 0 Å². The Hall–Kier alpha value is -2.51. The molecule has 0 aliphatic rings. The number of benzene rings is 1. The third kappa shape index (κ3) is 2.95. The minimum Gasteiger partial charge on any atom is -0.472 e. The highest BCUT2D eigenvalue weighted by Gasteiger charge is 2.34. The predicted octanol–water partition coefficient (Wildman–Crippen LogP) is 3.29. The number of thiophene rings is 1. The van der Waals surface area contributed by atoms with Gasteiger partial charge in [-0.1, -0.05) is 12.1 Å². The van der Waals surface area contributed by atoms with Gasteiger partial charge in [-0.25, -0.2) is 8.78 Å². The van der Waals surface area contributed by atoms with Crippen LogP contribution in [-0.2, 0) is 5.60 Å². The number of carbonyl (C=O) groups excluding carboxylic acids is 1. The van der Waals surface area contributed by atoms with Gasteiger partial charge in [-0.2, -0.15) is 0 Å². The average molecular weight is 349 g/mol. The fraction of sp³-hybridized carbons (Fsp3) is 0.118. The van der Waals surface area contributed by atoms with Crippen molar-refractivity contribution in [3.63, 3.8) is 0 Å². The molecule has 1 aromatic carbocycles. The first-order valence-electron chi connectivity index (χ1n) is 7.03. The zero-order chi connectivity index (χ0) is 17.2. The summed E-state index contributed by atoms with van der Waals surface area (Å²) in [6.45, 7) is -0.264. The van der Waals surface area contributed by atoms with Crippen LogP contribution in [-0.4, -0.2) is 17.6 Å². The fourth-order valence-electron chi connectivity index (χ4n) is 2.36. The van der Waals surface area contributed by atoms with E-state index in [-0.39, 0.29) is 6.54 Å². The number of nitrogens with one attached hydrogen (secondary N) is 1. The second-order valence-corrected chi connectivity index (χ2v) is 6.08. The first-order chi connectivity index (χ1) is 11.5. The maximum atomic E-state index is 13.7. The molecule has 3 rings (SSSR count). The summed E-state index contributed by atoms with van der Waals surface area (Å²) in [7, 11) is 0. The Balaban J connectivity index is 1.86. The summed E-state index contributed by atoms with van der Waals surface area (Å²) >= 11 is 1.29. The summed E-state index contributed by atoms with van der Waals surface area (Å²) in [4.78, 5) is 12.7. The molecule has 4 nitrogen and oxygen atoms in total. The quantitative estimate of drug-likeness (QED) is 0.743. The molecule has 3 aromatic rings. The SMILES string of the molecule is O=C(NC[C@@](O)(c1ccoc1)c1cccs1)c1c(F)cccc1F. The second kappa shape index (κ2) is 6.54. The molecule has 0 unspecified atom stereocenters. The number of carbonyl (C=O) groups is 1. The van der Waals surface area contributed by atoms with E-state index >= 15 is 0 Å². The average Bonchev–Trinajstić information content (AvgIpc) is 3.25. The van der Waals surface area contributed by atoms with E-state index < -0.39 is 28.7 Å². The van der Waals surface area contributed by atoms with Gasteiger partial charge in [-0.05, 0) is 29.6 Å². The Kier molecular flexibility index (Phi) is 4.46. The smallest absolute Gasteiger partial charge is 0.257 e. The molecule has 2 aromatic heterocycles. The molecule has 0 saturated carbocycles. The normalized spacial score (nSPS) is 13.5. The molecule has 1 atom stereocenters. The summed E-state index contributed by atoms with van der Waals surface area (Å²) < 4.78 is 32.4. The molecule has 0 spiro atoms. The molecular weight excluding hydrogens is 336 g/mol. The summed E-state index contributed by atoms with van der Waals surface area (Å²) in [5.41, 5.74) is -1.81. The third-order valence-corrected chi connectivity index (χ3v) is 4.64. The Morgan fingerprint density at radius 2 is 1.96 bits per heavy atom. The molecule has 124 valence electrons. The van der Waals surface area contributed by atoms with Crippen molar-refractivity contribution < 1.29 is 23.1 Å². The molecule has 7 heteroatoms. The van der Waals surface area contributed by atoms with E-state index in [0.717, 1.165) is 12.1 Å². The number of hydrogen-bond acceptors (Lipinski definition) is 4. The lowest BCUT2D eigenvalue weighted by atomic mass is 9.94. The van der Waals surface area contributed by atoms with Crippen LogP contribution in [0.25, 0.3) is 0 Å². The van der Waals surface area contributed by atoms with Gasteiger partial charge in [-0.15, -0.1) is 11.3 Å². The van der Waals surface area contributed by atoms with Crippen molar-refractivity contribution in [3.05, 3.63) is 81.9 Å². The monoisotopic (exact) mass is 349 g/mol. The highest BCUT2D eigenvalue weighted by atomic mass is 32.1. The van der Waals surface area contributed by atoms with Gasteiger partial charge in [0.1, 0.15) is 22.8 Å². The summed E-state index contributed by atoms with van der Waals surface area (Å²) in [5, 5.41) is 15.2. The van der Waals surface area contributed by atoms with Gasteiger partial charge in [-0.3, -0.25) is 4.79 Å². The Morgan fingerprint density at radius 1 is 1.21 bits per heavy atom. The number of hydrogen-bond donors (Lipinski definition) is 2. The van der Waals surface area contributed by atoms with Gasteiger partial charge in [0.2, 0.25) is 0 Å². The first kappa shape index (κ1) is 16.4. The van der Waals surface area contributed by atoms with Crippen molar-refractivity contribution in [1.82, 2.24) is 5.32 Å². The third-order valence-electron chi connectivity index (χ3n) is 3.62. The summed E-state index contributed by atoms with van der Waals surface area (Å²) in [6, 6.07) is 8.19. The van der Waals surface area contributed by atoms with E-state index in [0.29, 0.717) is 10.4 Å². The van der Waals surface area contributed by atoms with Crippen molar-refractivity contribution in [2.45, 2.75) is 5.60 Å². The molecule has 24 heavy (non-hydrogen) atoms. The van der Waals surface area contributed by atoms with Crippen LogP contribution < -0.4 is 5.32 Å². The van der Waals surface area contributed by atoms with Crippen molar-refractivity contribution >= 4 is 17.2 Å². The lowest BCUT2D eigenvalue weighted by Crippen LogP contribution is -2.41. The molecule has 0 saturated heterocycles. The lowest BCUT2D eigenvalue weighted by Gasteiger charge is -2.26. The van der Waals surface area contributed by atoms with Gasteiger partial charge < -0.3 is 14.8 Å². The van der Waals surface area contributed by atoms with Crippen LogP contribution in [0.15, 0.2) is 58.7 Å². The van der Waals surface area contributed by atoms with Crippen LogP contribution in [0.3, 0.4) is 0 Å². The Bertz CT molecular complexity index is 777. The standard InChI is InChI=1S/C17H13F2NO3S/c18-12-3-1-4-13(19)15(12)16(21)20-10-17(22,11-6-7-23-9-11)14-5-2-8-24-14/h1-9,22H,10H2,(H,20,21)/t17-/m1/s1. The van der Waals surface area contributed by atoms with Crippen LogP contribution in [0, 0.1) is 11.6 Å². The van der Waals surface area contributed by atoms with Crippen LogP contribution >= 0.6 is 11.3 Å². The zero-order valence-corrected chi connectivity index (χ0v) is 13.1. The van der Waals surface area contributed by atoms with Gasteiger partial charge in [0, 0.05) is 10.4 Å². The van der Waals surface area contributed by atoms with Crippen LogP contribution in [0.5, 0.6) is 0 Å². The van der Waals surface area contributed by atoms with E-state index in [1.807, 2.05) is 0 Å². The van der Waals surface area contributed by atoms with Crippen LogP contribution in [0.1, 0.15) is 20.8 Å². The maximum Gasteiger partial charge on any atom is 0.257 e. The first-order valence-corrected chi connectivity index (χ1v) is 7.91. The van der Waals surface area contributed by atoms with E-state index in [1.54, 1.807) is 23.6 Å². The van der Waals surface area contributed by atoms with Crippen molar-refractivity contribution in [1.29, 1.82) is 0 Å². The maximum absolute atomic E-state index is 13.7. The Morgan fingerprint density at radius 3 is 2.54 bits per heavy atom. The molecule has 1 amide bonds. The molecule has 0 aliphatic carbocycles. The van der Waals surface area contributed by atoms with E-state index in [9.17, 15) is 18.7 Å². The van der Waals surface area contributed by atoms with Crippen molar-refractivity contribution in [2.75, 3.05) is 6.54 Å². The minimum atomic E-state index is -1.56. The van der Waals surface area contributed by atoms with Crippen molar-refractivity contribution in [2.24, 2.45) is 0 Å². The van der Waals surface area contributed by atoms with Gasteiger partial charge >= 0.3 is 0 Å². The minimum absolute atomic E-state index is 0.264.